The molecule has 0 spiro atoms. The molecule has 120 valence electrons. The van der Waals surface area contributed by atoms with E-state index in [2.05, 4.69) is 0 Å². The molecule has 0 saturated carbocycles. The van der Waals surface area contributed by atoms with E-state index in [0.717, 1.165) is 5.56 Å². The Kier molecular flexibility index (Phi) is 5.55. The SMILES string of the molecule is Cc1ccc(CC(C)C(=O)N2CCOC(CC(=O)O)C2)cc1. The number of rotatable bonds is 5. The summed E-state index contributed by atoms with van der Waals surface area (Å²) in [4.78, 5) is 25.0. The van der Waals surface area contributed by atoms with Crippen LogP contribution in [0.5, 0.6) is 0 Å². The second kappa shape index (κ2) is 7.40. The van der Waals surface area contributed by atoms with E-state index in [4.69, 9.17) is 9.84 Å². The molecule has 1 amide bonds. The van der Waals surface area contributed by atoms with E-state index in [9.17, 15) is 9.59 Å². The number of carbonyl (C=O) groups excluding carboxylic acids is 1. The van der Waals surface area contributed by atoms with Crippen LogP contribution >= 0.6 is 0 Å². The van der Waals surface area contributed by atoms with Gasteiger partial charge in [-0.25, -0.2) is 0 Å². The highest BCUT2D eigenvalue weighted by atomic mass is 16.5. The number of carboxylic acid groups (broad SMARTS) is 1. The lowest BCUT2D eigenvalue weighted by Gasteiger charge is -2.34. The maximum Gasteiger partial charge on any atom is 0.306 e. The molecule has 1 heterocycles. The lowest BCUT2D eigenvalue weighted by Crippen LogP contribution is -2.48. The number of aliphatic carboxylic acids is 1. The highest BCUT2D eigenvalue weighted by Gasteiger charge is 2.28. The highest BCUT2D eigenvalue weighted by Crippen LogP contribution is 2.16. The van der Waals surface area contributed by atoms with Gasteiger partial charge in [0.2, 0.25) is 5.91 Å². The quantitative estimate of drug-likeness (QED) is 0.902. The fourth-order valence-corrected chi connectivity index (χ4v) is 2.71. The van der Waals surface area contributed by atoms with E-state index >= 15 is 0 Å². The first-order valence-corrected chi connectivity index (χ1v) is 7.63. The number of benzene rings is 1. The van der Waals surface area contributed by atoms with Crippen molar-refractivity contribution in [2.45, 2.75) is 32.8 Å². The molecule has 0 radical (unpaired) electrons. The van der Waals surface area contributed by atoms with Gasteiger partial charge in [0.25, 0.3) is 0 Å². The van der Waals surface area contributed by atoms with Crippen LogP contribution in [-0.2, 0) is 20.7 Å². The van der Waals surface area contributed by atoms with Crippen molar-refractivity contribution in [3.05, 3.63) is 35.4 Å². The van der Waals surface area contributed by atoms with Gasteiger partial charge < -0.3 is 14.7 Å². The summed E-state index contributed by atoms with van der Waals surface area (Å²) in [5, 5.41) is 8.83. The van der Waals surface area contributed by atoms with E-state index in [1.807, 2.05) is 38.1 Å². The molecular weight excluding hydrogens is 282 g/mol. The van der Waals surface area contributed by atoms with Crippen LogP contribution in [0.4, 0.5) is 0 Å². The second-order valence-electron chi connectivity index (χ2n) is 5.97. The van der Waals surface area contributed by atoms with Crippen molar-refractivity contribution in [1.29, 1.82) is 0 Å². The van der Waals surface area contributed by atoms with Crippen LogP contribution in [-0.4, -0.2) is 47.7 Å². The molecule has 1 saturated heterocycles. The molecule has 2 rings (SSSR count). The molecule has 0 bridgehead atoms. The molecule has 1 aromatic carbocycles. The Labute approximate surface area is 130 Å². The number of morpholine rings is 1. The molecule has 2 atom stereocenters. The van der Waals surface area contributed by atoms with Crippen molar-refractivity contribution in [2.24, 2.45) is 5.92 Å². The van der Waals surface area contributed by atoms with Crippen molar-refractivity contribution >= 4 is 11.9 Å². The number of ether oxygens (including phenoxy) is 1. The first-order chi connectivity index (χ1) is 10.5. The Morgan fingerprint density at radius 2 is 2.05 bits per heavy atom. The normalized spacial score (nSPS) is 19.7. The van der Waals surface area contributed by atoms with Crippen LogP contribution in [0.1, 0.15) is 24.5 Å². The summed E-state index contributed by atoms with van der Waals surface area (Å²) in [6, 6.07) is 8.19. The van der Waals surface area contributed by atoms with Gasteiger partial charge in [0.1, 0.15) is 0 Å². The van der Waals surface area contributed by atoms with Crippen LogP contribution < -0.4 is 0 Å². The Morgan fingerprint density at radius 3 is 2.68 bits per heavy atom. The fraction of sp³-hybridized carbons (Fsp3) is 0.529. The van der Waals surface area contributed by atoms with Gasteiger partial charge in [-0.05, 0) is 18.9 Å². The number of carbonyl (C=O) groups is 2. The summed E-state index contributed by atoms with van der Waals surface area (Å²) in [5.41, 5.74) is 2.34. The zero-order valence-corrected chi connectivity index (χ0v) is 13.1. The predicted molar refractivity (Wildman–Crippen MR) is 82.6 cm³/mol. The van der Waals surface area contributed by atoms with E-state index in [1.54, 1.807) is 4.90 Å². The van der Waals surface area contributed by atoms with Gasteiger partial charge in [0, 0.05) is 19.0 Å². The van der Waals surface area contributed by atoms with Gasteiger partial charge in [0.05, 0.1) is 19.1 Å². The Hall–Kier alpha value is -1.88. The standard InChI is InChI=1S/C17H23NO4/c1-12-3-5-14(6-4-12)9-13(2)17(21)18-7-8-22-15(11-18)10-16(19)20/h3-6,13,15H,7-11H2,1-2H3,(H,19,20). The minimum absolute atomic E-state index is 0.0594. The first kappa shape index (κ1) is 16.5. The molecule has 0 aromatic heterocycles. The topological polar surface area (TPSA) is 66.8 Å². The third-order valence-electron chi connectivity index (χ3n) is 3.94. The third-order valence-corrected chi connectivity index (χ3v) is 3.94. The minimum Gasteiger partial charge on any atom is -0.481 e. The van der Waals surface area contributed by atoms with Gasteiger partial charge in [-0.2, -0.15) is 0 Å². The zero-order valence-electron chi connectivity index (χ0n) is 13.1. The predicted octanol–water partition coefficient (Wildman–Crippen LogP) is 1.88. The molecule has 1 N–H and O–H groups in total. The van der Waals surface area contributed by atoms with Crippen LogP contribution in [0.15, 0.2) is 24.3 Å². The summed E-state index contributed by atoms with van der Waals surface area (Å²) < 4.78 is 5.41. The van der Waals surface area contributed by atoms with Crippen molar-refractivity contribution < 1.29 is 19.4 Å². The number of aryl methyl sites for hydroxylation is 1. The van der Waals surface area contributed by atoms with Gasteiger partial charge in [-0.15, -0.1) is 0 Å². The Balaban J connectivity index is 1.91. The van der Waals surface area contributed by atoms with Crippen molar-refractivity contribution in [3.8, 4) is 0 Å². The van der Waals surface area contributed by atoms with Gasteiger partial charge in [-0.3, -0.25) is 9.59 Å². The Bertz CT molecular complexity index is 526. The average Bonchev–Trinajstić information content (AvgIpc) is 2.48. The summed E-state index contributed by atoms with van der Waals surface area (Å²) >= 11 is 0. The number of hydrogen-bond donors (Lipinski definition) is 1. The maximum absolute atomic E-state index is 12.5. The Morgan fingerprint density at radius 1 is 1.36 bits per heavy atom. The summed E-state index contributed by atoms with van der Waals surface area (Å²) in [6.45, 7) is 5.26. The van der Waals surface area contributed by atoms with E-state index in [1.165, 1.54) is 5.56 Å². The van der Waals surface area contributed by atoms with Crippen LogP contribution in [0.2, 0.25) is 0 Å². The summed E-state index contributed by atoms with van der Waals surface area (Å²) in [5.74, 6) is -0.947. The summed E-state index contributed by atoms with van der Waals surface area (Å²) in [7, 11) is 0. The molecule has 5 nitrogen and oxygen atoms in total. The van der Waals surface area contributed by atoms with Crippen molar-refractivity contribution in [2.75, 3.05) is 19.7 Å². The monoisotopic (exact) mass is 305 g/mol. The van der Waals surface area contributed by atoms with Crippen molar-refractivity contribution in [3.63, 3.8) is 0 Å². The lowest BCUT2D eigenvalue weighted by atomic mass is 9.98. The molecule has 2 unspecified atom stereocenters. The van der Waals surface area contributed by atoms with E-state index in [0.29, 0.717) is 26.1 Å². The average molecular weight is 305 g/mol. The van der Waals surface area contributed by atoms with Gasteiger partial charge >= 0.3 is 5.97 Å². The largest absolute Gasteiger partial charge is 0.481 e. The van der Waals surface area contributed by atoms with Crippen LogP contribution in [0.25, 0.3) is 0 Å². The summed E-state index contributed by atoms with van der Waals surface area (Å²) in [6.07, 6.45) is 0.234. The number of amides is 1. The molecule has 0 aliphatic carbocycles. The van der Waals surface area contributed by atoms with E-state index in [-0.39, 0.29) is 18.2 Å². The zero-order chi connectivity index (χ0) is 16.1. The first-order valence-electron chi connectivity index (χ1n) is 7.63. The fourth-order valence-electron chi connectivity index (χ4n) is 2.71. The van der Waals surface area contributed by atoms with E-state index < -0.39 is 12.1 Å². The van der Waals surface area contributed by atoms with Gasteiger partial charge in [-0.1, -0.05) is 36.8 Å². The molecule has 1 aromatic rings. The lowest BCUT2D eigenvalue weighted by molar-refractivity contribution is -0.149. The number of hydrogen-bond acceptors (Lipinski definition) is 3. The van der Waals surface area contributed by atoms with Crippen LogP contribution in [0, 0.1) is 12.8 Å². The van der Waals surface area contributed by atoms with Crippen molar-refractivity contribution in [1.82, 2.24) is 4.90 Å². The highest BCUT2D eigenvalue weighted by molar-refractivity contribution is 5.79. The van der Waals surface area contributed by atoms with Gasteiger partial charge in [0.15, 0.2) is 0 Å². The molecule has 22 heavy (non-hydrogen) atoms. The number of carboxylic acids is 1. The number of nitrogens with zero attached hydrogens (tertiary/aromatic N) is 1. The maximum atomic E-state index is 12.5. The molecule has 5 heteroatoms. The van der Waals surface area contributed by atoms with Crippen LogP contribution in [0.3, 0.4) is 0 Å². The second-order valence-corrected chi connectivity index (χ2v) is 5.97. The smallest absolute Gasteiger partial charge is 0.306 e. The molecule has 1 fully saturated rings. The molecular formula is C17H23NO4. The minimum atomic E-state index is -0.896. The molecule has 1 aliphatic heterocycles. The molecule has 1 aliphatic rings. The third kappa shape index (κ3) is 4.56.